The number of hydrogen-bond acceptors (Lipinski definition) is 5. The predicted octanol–water partition coefficient (Wildman–Crippen LogP) is 4.28. The molecule has 2 aromatic carbocycles. The number of aliphatic hydroxyl groups excluding tert-OH is 1. The summed E-state index contributed by atoms with van der Waals surface area (Å²) in [5.74, 6) is 1.60. The van der Waals surface area contributed by atoms with E-state index in [1.54, 1.807) is 7.11 Å². The van der Waals surface area contributed by atoms with Gasteiger partial charge in [-0.25, -0.2) is 0 Å². The zero-order valence-electron chi connectivity index (χ0n) is 17.0. The lowest BCUT2D eigenvalue weighted by Crippen LogP contribution is -2.47. The molecule has 156 valence electrons. The lowest BCUT2D eigenvalue weighted by Gasteiger charge is -2.36. The molecule has 5 nitrogen and oxygen atoms in total. The van der Waals surface area contributed by atoms with Crippen LogP contribution in [-0.2, 0) is 6.42 Å². The van der Waals surface area contributed by atoms with Crippen LogP contribution in [0.25, 0.3) is 11.0 Å². The van der Waals surface area contributed by atoms with E-state index in [2.05, 4.69) is 34.9 Å². The predicted molar refractivity (Wildman–Crippen MR) is 119 cm³/mol. The lowest BCUT2D eigenvalue weighted by molar-refractivity contribution is 0.0921. The summed E-state index contributed by atoms with van der Waals surface area (Å²) in [5.41, 5.74) is 3.20. The molecule has 1 aliphatic heterocycles. The van der Waals surface area contributed by atoms with Crippen LogP contribution in [0.4, 0.5) is 5.69 Å². The van der Waals surface area contributed by atoms with Crippen LogP contribution in [0.15, 0.2) is 52.9 Å². The first kappa shape index (κ1) is 21.5. The molecule has 1 unspecified atom stereocenters. The van der Waals surface area contributed by atoms with E-state index in [0.717, 1.165) is 60.6 Å². The molecule has 1 aliphatic rings. The highest BCUT2D eigenvalue weighted by atomic mass is 35.5. The number of hydrogen-bond donors (Lipinski definition) is 1. The number of para-hydroxylation sites is 1. The van der Waals surface area contributed by atoms with Crippen LogP contribution in [0, 0.1) is 0 Å². The van der Waals surface area contributed by atoms with Gasteiger partial charge < -0.3 is 19.2 Å². The fourth-order valence-corrected chi connectivity index (χ4v) is 4.06. The Kier molecular flexibility index (Phi) is 7.06. The Bertz CT molecular complexity index is 918. The molecule has 29 heavy (non-hydrogen) atoms. The van der Waals surface area contributed by atoms with Crippen LogP contribution in [0.5, 0.6) is 5.75 Å². The summed E-state index contributed by atoms with van der Waals surface area (Å²) < 4.78 is 11.2. The van der Waals surface area contributed by atoms with Gasteiger partial charge in [-0.15, -0.1) is 12.4 Å². The van der Waals surface area contributed by atoms with Gasteiger partial charge in [0.1, 0.15) is 23.2 Å². The van der Waals surface area contributed by atoms with Crippen LogP contribution >= 0.6 is 12.4 Å². The molecule has 6 heteroatoms. The van der Waals surface area contributed by atoms with E-state index < -0.39 is 6.10 Å². The van der Waals surface area contributed by atoms with Gasteiger partial charge in [-0.05, 0) is 36.8 Å². The summed E-state index contributed by atoms with van der Waals surface area (Å²) in [6.45, 7) is 6.44. The van der Waals surface area contributed by atoms with Gasteiger partial charge in [0.15, 0.2) is 0 Å². The summed E-state index contributed by atoms with van der Waals surface area (Å²) in [4.78, 5) is 4.69. The molecule has 0 aliphatic carbocycles. The number of benzene rings is 2. The van der Waals surface area contributed by atoms with Crippen LogP contribution < -0.4 is 9.64 Å². The van der Waals surface area contributed by atoms with Crippen LogP contribution in [0.1, 0.15) is 24.4 Å². The SMILES string of the molecule is CCc1c(C(O)CN2CCN(c3ccc(OC)cc3)CC2)oc2ccccc12.Cl. The van der Waals surface area contributed by atoms with Gasteiger partial charge in [-0.3, -0.25) is 4.90 Å². The molecule has 3 aromatic rings. The second-order valence-corrected chi connectivity index (χ2v) is 7.30. The van der Waals surface area contributed by atoms with Crippen molar-refractivity contribution in [2.75, 3.05) is 44.7 Å². The van der Waals surface area contributed by atoms with Crippen LogP contribution in [0.3, 0.4) is 0 Å². The third-order valence-corrected chi connectivity index (χ3v) is 5.63. The third-order valence-electron chi connectivity index (χ3n) is 5.63. The zero-order chi connectivity index (χ0) is 19.5. The highest BCUT2D eigenvalue weighted by molar-refractivity contribution is 5.85. The molecule has 1 saturated heterocycles. The average Bonchev–Trinajstić information content (AvgIpc) is 3.13. The van der Waals surface area contributed by atoms with E-state index >= 15 is 0 Å². The quantitative estimate of drug-likeness (QED) is 0.649. The maximum atomic E-state index is 10.9. The number of fused-ring (bicyclic) bond motifs is 1. The van der Waals surface area contributed by atoms with E-state index in [0.29, 0.717) is 6.54 Å². The Morgan fingerprint density at radius 2 is 1.72 bits per heavy atom. The standard InChI is InChI=1S/C23H28N2O3.ClH/c1-3-19-20-6-4-5-7-22(20)28-23(19)21(26)16-24-12-14-25(15-13-24)17-8-10-18(27-2)11-9-17;/h4-11,21,26H,3,12-16H2,1-2H3;1H. The summed E-state index contributed by atoms with van der Waals surface area (Å²) >= 11 is 0. The maximum absolute atomic E-state index is 10.9. The Morgan fingerprint density at radius 3 is 2.38 bits per heavy atom. The van der Waals surface area contributed by atoms with E-state index in [1.807, 2.05) is 30.3 Å². The summed E-state index contributed by atoms with van der Waals surface area (Å²) in [6.07, 6.45) is 0.254. The number of aliphatic hydroxyl groups is 1. The minimum Gasteiger partial charge on any atom is -0.497 e. The normalized spacial score (nSPS) is 15.9. The summed E-state index contributed by atoms with van der Waals surface area (Å²) in [7, 11) is 1.69. The number of methoxy groups -OCH3 is 1. The fourth-order valence-electron chi connectivity index (χ4n) is 4.06. The molecule has 1 aromatic heterocycles. The van der Waals surface area contributed by atoms with Gasteiger partial charge >= 0.3 is 0 Å². The second kappa shape index (κ2) is 9.53. The molecular formula is C23H29ClN2O3. The third kappa shape index (κ3) is 4.53. The number of rotatable bonds is 6. The number of ether oxygens (including phenoxy) is 1. The van der Waals surface area contributed by atoms with E-state index in [1.165, 1.54) is 5.69 Å². The molecular weight excluding hydrogens is 388 g/mol. The second-order valence-electron chi connectivity index (χ2n) is 7.30. The number of furan rings is 1. The number of aryl methyl sites for hydroxylation is 1. The van der Waals surface area contributed by atoms with Crippen molar-refractivity contribution < 1.29 is 14.3 Å². The van der Waals surface area contributed by atoms with E-state index in [4.69, 9.17) is 9.15 Å². The lowest BCUT2D eigenvalue weighted by atomic mass is 10.1. The molecule has 0 saturated carbocycles. The van der Waals surface area contributed by atoms with E-state index in [9.17, 15) is 5.11 Å². The minimum atomic E-state index is -0.602. The van der Waals surface area contributed by atoms with Gasteiger partial charge in [0.2, 0.25) is 0 Å². The molecule has 1 N–H and O–H groups in total. The average molecular weight is 417 g/mol. The van der Waals surface area contributed by atoms with Crippen molar-refractivity contribution in [2.24, 2.45) is 0 Å². The smallest absolute Gasteiger partial charge is 0.138 e. The Morgan fingerprint density at radius 1 is 1.03 bits per heavy atom. The monoisotopic (exact) mass is 416 g/mol. The highest BCUT2D eigenvalue weighted by Crippen LogP contribution is 2.31. The van der Waals surface area contributed by atoms with Crippen molar-refractivity contribution >= 4 is 29.1 Å². The van der Waals surface area contributed by atoms with Gasteiger partial charge in [-0.1, -0.05) is 25.1 Å². The number of anilines is 1. The first-order valence-electron chi connectivity index (χ1n) is 9.99. The minimum absolute atomic E-state index is 0. The van der Waals surface area contributed by atoms with Crippen molar-refractivity contribution in [3.8, 4) is 5.75 Å². The highest BCUT2D eigenvalue weighted by Gasteiger charge is 2.24. The molecule has 2 heterocycles. The molecule has 0 bridgehead atoms. The largest absolute Gasteiger partial charge is 0.497 e. The Balaban J connectivity index is 0.00000240. The number of nitrogens with zero attached hydrogens (tertiary/aromatic N) is 2. The number of halogens is 1. The Hall–Kier alpha value is -2.21. The van der Waals surface area contributed by atoms with Crippen LogP contribution in [-0.4, -0.2) is 49.8 Å². The number of β-amino-alcohol motifs (C(OH)–C–C–N with tert-alkyl or cyclic N) is 1. The summed E-state index contributed by atoms with van der Waals surface area (Å²) in [6, 6.07) is 16.2. The van der Waals surface area contributed by atoms with E-state index in [-0.39, 0.29) is 12.4 Å². The van der Waals surface area contributed by atoms with Crippen molar-refractivity contribution in [2.45, 2.75) is 19.4 Å². The molecule has 0 spiro atoms. The maximum Gasteiger partial charge on any atom is 0.138 e. The first-order valence-corrected chi connectivity index (χ1v) is 9.99. The molecule has 1 atom stereocenters. The Labute approximate surface area is 178 Å². The first-order chi connectivity index (χ1) is 13.7. The fraction of sp³-hybridized carbons (Fsp3) is 0.391. The van der Waals surface area contributed by atoms with Crippen molar-refractivity contribution in [1.82, 2.24) is 4.90 Å². The number of piperazine rings is 1. The van der Waals surface area contributed by atoms with Crippen LogP contribution in [0.2, 0.25) is 0 Å². The molecule has 1 fully saturated rings. The van der Waals surface area contributed by atoms with Gasteiger partial charge in [0.25, 0.3) is 0 Å². The zero-order valence-corrected chi connectivity index (χ0v) is 17.8. The molecule has 4 rings (SSSR count). The van der Waals surface area contributed by atoms with Crippen molar-refractivity contribution in [1.29, 1.82) is 0 Å². The van der Waals surface area contributed by atoms with Gasteiger partial charge in [0.05, 0.1) is 7.11 Å². The molecule has 0 amide bonds. The topological polar surface area (TPSA) is 49.1 Å². The van der Waals surface area contributed by atoms with Gasteiger partial charge in [0, 0.05) is 49.4 Å². The van der Waals surface area contributed by atoms with Crippen molar-refractivity contribution in [3.63, 3.8) is 0 Å². The van der Waals surface area contributed by atoms with Crippen molar-refractivity contribution in [3.05, 3.63) is 59.9 Å². The van der Waals surface area contributed by atoms with Gasteiger partial charge in [-0.2, -0.15) is 0 Å². The molecule has 0 radical (unpaired) electrons. The summed E-state index contributed by atoms with van der Waals surface area (Å²) in [5, 5.41) is 12.0.